The summed E-state index contributed by atoms with van der Waals surface area (Å²) in [5, 5.41) is 0.804. The number of nitrogens with two attached hydrogens (primary N) is 1. The van der Waals surface area contributed by atoms with Gasteiger partial charge < -0.3 is 4.74 Å². The highest BCUT2D eigenvalue weighted by Crippen LogP contribution is 2.23. The first kappa shape index (κ1) is 18.5. The molecule has 0 bridgehead atoms. The van der Waals surface area contributed by atoms with Crippen LogP contribution in [-0.2, 0) is 11.2 Å². The summed E-state index contributed by atoms with van der Waals surface area (Å²) in [6, 6.07) is -0.771. The van der Waals surface area contributed by atoms with Crippen molar-refractivity contribution in [3.8, 4) is 5.88 Å². The number of nitrogens with one attached hydrogen (secondary N) is 2. The van der Waals surface area contributed by atoms with E-state index in [0.29, 0.717) is 23.9 Å². The molecule has 0 radical (unpaired) electrons. The maximum absolute atomic E-state index is 12.1. The number of hydrogen-bond acceptors (Lipinski definition) is 7. The maximum atomic E-state index is 12.1. The van der Waals surface area contributed by atoms with Crippen LogP contribution in [0.2, 0.25) is 0 Å². The molecule has 2 aromatic heterocycles. The number of hydrogen-bond donors (Lipinski definition) is 3. The molecule has 0 aliphatic heterocycles. The van der Waals surface area contributed by atoms with E-state index in [-0.39, 0.29) is 6.42 Å². The number of hydrazine groups is 2. The molecule has 25 heavy (non-hydrogen) atoms. The number of ether oxygens (including phenoxy) is 1. The summed E-state index contributed by atoms with van der Waals surface area (Å²) in [5.41, 5.74) is 6.50. The minimum absolute atomic E-state index is 0.193. The van der Waals surface area contributed by atoms with Crippen LogP contribution < -0.4 is 21.4 Å². The number of anilines is 1. The van der Waals surface area contributed by atoms with E-state index < -0.39 is 11.9 Å². The molecule has 0 atom stereocenters. The topological polar surface area (TPSA) is 127 Å². The molecular formula is C15H23N7O3. The zero-order valence-corrected chi connectivity index (χ0v) is 14.8. The fourth-order valence-electron chi connectivity index (χ4n) is 2.52. The molecule has 136 valence electrons. The molecule has 3 amide bonds. The zero-order valence-electron chi connectivity index (χ0n) is 14.8. The molecule has 10 heteroatoms. The highest BCUT2D eigenvalue weighted by atomic mass is 16.5. The van der Waals surface area contributed by atoms with Gasteiger partial charge in [0.25, 0.3) is 0 Å². The summed E-state index contributed by atoms with van der Waals surface area (Å²) in [6.45, 7) is 5.77. The molecule has 0 aromatic carbocycles. The Labute approximate surface area is 145 Å². The van der Waals surface area contributed by atoms with Gasteiger partial charge in [0.2, 0.25) is 17.6 Å². The molecule has 2 rings (SSSR count). The normalized spacial score (nSPS) is 10.6. The van der Waals surface area contributed by atoms with E-state index in [0.717, 1.165) is 22.7 Å². The van der Waals surface area contributed by atoms with E-state index in [1.807, 2.05) is 26.2 Å². The van der Waals surface area contributed by atoms with Gasteiger partial charge in [0.15, 0.2) is 5.82 Å². The van der Waals surface area contributed by atoms with E-state index in [1.165, 1.54) is 0 Å². The number of urea groups is 1. The second kappa shape index (κ2) is 7.79. The van der Waals surface area contributed by atoms with Crippen molar-refractivity contribution < 1.29 is 14.3 Å². The lowest BCUT2D eigenvalue weighted by atomic mass is 10.2. The van der Waals surface area contributed by atoms with Gasteiger partial charge in [-0.05, 0) is 19.8 Å². The van der Waals surface area contributed by atoms with Gasteiger partial charge in [0, 0.05) is 17.7 Å². The Morgan fingerprint density at radius 3 is 2.64 bits per heavy atom. The van der Waals surface area contributed by atoms with Gasteiger partial charge in [0.1, 0.15) is 0 Å². The molecule has 2 heterocycles. The van der Waals surface area contributed by atoms with Crippen LogP contribution >= 0.6 is 0 Å². The van der Waals surface area contributed by atoms with E-state index in [2.05, 4.69) is 15.4 Å². The summed E-state index contributed by atoms with van der Waals surface area (Å²) in [6.07, 6.45) is 3.19. The van der Waals surface area contributed by atoms with Gasteiger partial charge in [-0.3, -0.25) is 20.0 Å². The minimum Gasteiger partial charge on any atom is -0.481 e. The molecule has 0 saturated carbocycles. The molecule has 0 aliphatic rings. The number of amides is 3. The molecule has 0 aliphatic carbocycles. The molecule has 10 nitrogen and oxygen atoms in total. The van der Waals surface area contributed by atoms with Crippen molar-refractivity contribution >= 4 is 23.5 Å². The monoisotopic (exact) mass is 349 g/mol. The third-order valence-corrected chi connectivity index (χ3v) is 3.76. The van der Waals surface area contributed by atoms with Crippen LogP contribution in [0, 0.1) is 6.92 Å². The van der Waals surface area contributed by atoms with Crippen LogP contribution in [0.4, 0.5) is 10.6 Å². The number of imidazole rings is 1. The minimum atomic E-state index is -0.771. The first-order chi connectivity index (χ1) is 12.0. The Kier molecular flexibility index (Phi) is 5.75. The molecule has 0 fully saturated rings. The average molecular weight is 349 g/mol. The summed E-state index contributed by atoms with van der Waals surface area (Å²) >= 11 is 0. The second-order valence-electron chi connectivity index (χ2n) is 5.38. The lowest BCUT2D eigenvalue weighted by Gasteiger charge is -2.19. The highest BCUT2D eigenvalue weighted by molar-refractivity contribution is 5.95. The van der Waals surface area contributed by atoms with Gasteiger partial charge in [-0.1, -0.05) is 13.8 Å². The highest BCUT2D eigenvalue weighted by Gasteiger charge is 2.22. The number of aromatic nitrogens is 3. The number of methoxy groups -OCH3 is 1. The van der Waals surface area contributed by atoms with Crippen molar-refractivity contribution in [1.82, 2.24) is 24.8 Å². The molecule has 0 spiro atoms. The summed E-state index contributed by atoms with van der Waals surface area (Å²) < 4.78 is 7.08. The van der Waals surface area contributed by atoms with Crippen LogP contribution in [-0.4, -0.2) is 38.4 Å². The zero-order chi connectivity index (χ0) is 18.6. The fraction of sp³-hybridized carbons (Fsp3) is 0.467. The average Bonchev–Trinajstić information content (AvgIpc) is 3.02. The third-order valence-electron chi connectivity index (χ3n) is 3.76. The third kappa shape index (κ3) is 3.63. The number of carbonyl (C=O) groups excluding carboxylic acids is 2. The number of rotatable bonds is 6. The predicted molar refractivity (Wildman–Crippen MR) is 91.7 cm³/mol. The molecular weight excluding hydrogens is 326 g/mol. The van der Waals surface area contributed by atoms with Gasteiger partial charge in [0.05, 0.1) is 13.3 Å². The Morgan fingerprint density at radius 1 is 1.36 bits per heavy atom. The van der Waals surface area contributed by atoms with E-state index >= 15 is 0 Å². The van der Waals surface area contributed by atoms with Crippen LogP contribution in [0.25, 0.3) is 5.78 Å². The lowest BCUT2D eigenvalue weighted by Crippen LogP contribution is -2.49. The summed E-state index contributed by atoms with van der Waals surface area (Å²) in [7, 11) is 1.55. The van der Waals surface area contributed by atoms with Gasteiger partial charge >= 0.3 is 6.03 Å². The Balaban J connectivity index is 2.41. The maximum Gasteiger partial charge on any atom is 0.357 e. The van der Waals surface area contributed by atoms with Crippen molar-refractivity contribution in [2.75, 3.05) is 12.5 Å². The predicted octanol–water partition coefficient (Wildman–Crippen LogP) is 1.15. The number of imide groups is 1. The first-order valence-electron chi connectivity index (χ1n) is 7.99. The number of fused-ring (bicyclic) bond motifs is 1. The van der Waals surface area contributed by atoms with E-state index in [9.17, 15) is 9.59 Å². The quantitative estimate of drug-likeness (QED) is 0.405. The van der Waals surface area contributed by atoms with Gasteiger partial charge in [-0.25, -0.2) is 10.6 Å². The summed E-state index contributed by atoms with van der Waals surface area (Å²) in [5.74, 6) is 5.92. The lowest BCUT2D eigenvalue weighted by molar-refractivity contribution is -0.127. The SMILES string of the molecule is CCCC(=O)N(Nc1cn2c(C)c(CC)c(OC)nc2n1)C(=O)NN. The molecule has 4 N–H and O–H groups in total. The number of nitrogens with zero attached hydrogens (tertiary/aromatic N) is 4. The van der Waals surface area contributed by atoms with Crippen molar-refractivity contribution in [3.05, 3.63) is 17.5 Å². The Morgan fingerprint density at radius 2 is 2.08 bits per heavy atom. The number of carbonyl (C=O) groups is 2. The fourth-order valence-corrected chi connectivity index (χ4v) is 2.52. The largest absolute Gasteiger partial charge is 0.481 e. The smallest absolute Gasteiger partial charge is 0.357 e. The van der Waals surface area contributed by atoms with Crippen LogP contribution in [0.3, 0.4) is 0 Å². The molecule has 0 saturated heterocycles. The van der Waals surface area contributed by atoms with Crippen molar-refractivity contribution in [2.24, 2.45) is 5.84 Å². The van der Waals surface area contributed by atoms with Crippen LogP contribution in [0.15, 0.2) is 6.20 Å². The van der Waals surface area contributed by atoms with Crippen molar-refractivity contribution in [2.45, 2.75) is 40.0 Å². The van der Waals surface area contributed by atoms with Crippen LogP contribution in [0.1, 0.15) is 37.9 Å². The van der Waals surface area contributed by atoms with E-state index in [1.54, 1.807) is 17.7 Å². The van der Waals surface area contributed by atoms with E-state index in [4.69, 9.17) is 10.6 Å². The Hall–Kier alpha value is -2.88. The van der Waals surface area contributed by atoms with Gasteiger partial charge in [-0.2, -0.15) is 15.0 Å². The first-order valence-corrected chi connectivity index (χ1v) is 7.99. The van der Waals surface area contributed by atoms with Gasteiger partial charge in [-0.15, -0.1) is 0 Å². The molecule has 0 unspecified atom stereocenters. The standard InChI is InChI=1S/C15H23N7O3/c1-5-7-12(23)22(15(24)19-16)20-11-8-21-9(3)10(6-2)13(25-4)18-14(21)17-11/h8,20H,5-7,16H2,1-4H3,(H,19,24). The summed E-state index contributed by atoms with van der Waals surface area (Å²) in [4.78, 5) is 32.6. The van der Waals surface area contributed by atoms with Crippen LogP contribution in [0.5, 0.6) is 5.88 Å². The number of aryl methyl sites for hydroxylation is 1. The second-order valence-corrected chi connectivity index (χ2v) is 5.38. The molecule has 2 aromatic rings. The van der Waals surface area contributed by atoms with Crippen molar-refractivity contribution in [1.29, 1.82) is 0 Å². The Bertz CT molecular complexity index is 787. The van der Waals surface area contributed by atoms with Crippen molar-refractivity contribution in [3.63, 3.8) is 0 Å².